The molecule has 1 aliphatic rings. The van der Waals surface area contributed by atoms with Crippen LogP contribution in [0.15, 0.2) is 48.5 Å². The molecule has 0 saturated heterocycles. The van der Waals surface area contributed by atoms with Gasteiger partial charge in [-0.1, -0.05) is 25.0 Å². The van der Waals surface area contributed by atoms with Gasteiger partial charge in [-0.2, -0.15) is 0 Å². The molecule has 6 nitrogen and oxygen atoms in total. The summed E-state index contributed by atoms with van der Waals surface area (Å²) in [5.41, 5.74) is 5.41. The number of rotatable bonds is 8. The van der Waals surface area contributed by atoms with E-state index in [1.54, 1.807) is 0 Å². The maximum Gasteiger partial charge on any atom is 0.341 e. The number of anilines is 1. The fraction of sp³-hybridized carbons (Fsp3) is 0.364. The van der Waals surface area contributed by atoms with Crippen LogP contribution < -0.4 is 10.1 Å². The van der Waals surface area contributed by atoms with Gasteiger partial charge in [0, 0.05) is 15.8 Å². The van der Waals surface area contributed by atoms with Gasteiger partial charge in [0.05, 0.1) is 35.0 Å². The second kappa shape index (κ2) is 11.8. The van der Waals surface area contributed by atoms with Gasteiger partial charge in [0.25, 0.3) is 5.91 Å². The van der Waals surface area contributed by atoms with Crippen molar-refractivity contribution in [2.24, 2.45) is 5.92 Å². The first kappa shape index (κ1) is 27.8. The zero-order chi connectivity index (χ0) is 28.4. The Morgan fingerprint density at radius 2 is 1.88 bits per heavy atom. The highest BCUT2D eigenvalue weighted by molar-refractivity contribution is 7.17. The number of pyridine rings is 1. The van der Waals surface area contributed by atoms with Crippen LogP contribution in [0.25, 0.3) is 22.2 Å². The average Bonchev–Trinajstić information content (AvgIpc) is 3.29. The molecule has 0 aliphatic heterocycles. The zero-order valence-electron chi connectivity index (χ0n) is 23.8. The zero-order valence-corrected chi connectivity index (χ0v) is 24.6. The molecule has 2 aromatic carbocycles. The summed E-state index contributed by atoms with van der Waals surface area (Å²) in [5, 5.41) is 4.45. The second-order valence-electron chi connectivity index (χ2n) is 10.7. The summed E-state index contributed by atoms with van der Waals surface area (Å²) < 4.78 is 11.2. The van der Waals surface area contributed by atoms with E-state index in [9.17, 15) is 9.59 Å². The first-order chi connectivity index (χ1) is 19.3. The summed E-state index contributed by atoms with van der Waals surface area (Å²) in [7, 11) is 0. The quantitative estimate of drug-likeness (QED) is 0.223. The third kappa shape index (κ3) is 5.75. The van der Waals surface area contributed by atoms with Gasteiger partial charge >= 0.3 is 5.97 Å². The molecule has 1 atom stereocenters. The number of hydrogen-bond acceptors (Lipinski definition) is 6. The van der Waals surface area contributed by atoms with Crippen LogP contribution in [0.3, 0.4) is 0 Å². The van der Waals surface area contributed by atoms with Gasteiger partial charge in [-0.25, -0.2) is 9.78 Å². The van der Waals surface area contributed by atoms with Crippen molar-refractivity contribution in [1.82, 2.24) is 4.98 Å². The van der Waals surface area contributed by atoms with Gasteiger partial charge in [0.15, 0.2) is 0 Å². The van der Waals surface area contributed by atoms with E-state index in [2.05, 4.69) is 12.2 Å². The molecule has 40 heavy (non-hydrogen) atoms. The number of nitrogens with zero attached hydrogens (tertiary/aromatic N) is 1. The number of ether oxygens (including phenoxy) is 2. The minimum absolute atomic E-state index is 0.248. The fourth-order valence-corrected chi connectivity index (χ4v) is 6.66. The number of hydrogen-bond donors (Lipinski definition) is 1. The Bertz CT molecular complexity index is 1560. The van der Waals surface area contributed by atoms with Gasteiger partial charge in [0.2, 0.25) is 0 Å². The summed E-state index contributed by atoms with van der Waals surface area (Å²) in [6, 6.07) is 15.5. The van der Waals surface area contributed by atoms with Crippen molar-refractivity contribution < 1.29 is 19.1 Å². The van der Waals surface area contributed by atoms with Crippen molar-refractivity contribution in [1.29, 1.82) is 0 Å². The number of carbonyl (C=O) groups is 2. The van der Waals surface area contributed by atoms with Crippen LogP contribution in [0.4, 0.5) is 5.00 Å². The molecular formula is C33H36N2O4S. The normalized spacial score (nSPS) is 14.7. The lowest BCUT2D eigenvalue weighted by atomic mass is 9.85. The molecular weight excluding hydrogens is 520 g/mol. The van der Waals surface area contributed by atoms with Gasteiger partial charge < -0.3 is 14.8 Å². The third-order valence-corrected chi connectivity index (χ3v) is 8.56. The number of carbonyl (C=O) groups excluding carboxylic acids is 2. The lowest BCUT2D eigenvalue weighted by molar-refractivity contribution is 0.0378. The summed E-state index contributed by atoms with van der Waals surface area (Å²) in [6.45, 7) is 10.4. The molecule has 0 saturated carbocycles. The molecule has 1 aliphatic carbocycles. The number of nitrogens with one attached hydrogen (secondary N) is 1. The standard InChI is InChI=1S/C33H36N2O4S/c1-6-21-9-14-24-29(17-21)40-32(30(24)33(37)39-19(3)4)35-31(36)26-18-28(22-10-12-23(13-11-22)38-7-2)34-27-15-8-20(5)16-25(26)27/h8,10-13,15-16,18-19,21H,6-7,9,14,17H2,1-5H3,(H,35,36)/t21-/m1/s1. The second-order valence-corrected chi connectivity index (χ2v) is 11.8. The Morgan fingerprint density at radius 1 is 1.10 bits per heavy atom. The van der Waals surface area contributed by atoms with E-state index in [1.807, 2.05) is 76.2 Å². The minimum Gasteiger partial charge on any atom is -0.494 e. The maximum atomic E-state index is 14.0. The van der Waals surface area contributed by atoms with E-state index in [0.717, 1.165) is 59.0 Å². The smallest absolute Gasteiger partial charge is 0.341 e. The van der Waals surface area contributed by atoms with Crippen LogP contribution in [0, 0.1) is 12.8 Å². The van der Waals surface area contributed by atoms with E-state index in [0.29, 0.717) is 34.3 Å². The summed E-state index contributed by atoms with van der Waals surface area (Å²) in [5.74, 6) is 0.735. The topological polar surface area (TPSA) is 77.5 Å². The van der Waals surface area contributed by atoms with Gasteiger partial charge in [-0.15, -0.1) is 11.3 Å². The predicted octanol–water partition coefficient (Wildman–Crippen LogP) is 8.00. The van der Waals surface area contributed by atoms with Crippen LogP contribution in [0.5, 0.6) is 5.75 Å². The summed E-state index contributed by atoms with van der Waals surface area (Å²) in [4.78, 5) is 33.3. The van der Waals surface area contributed by atoms with E-state index in [1.165, 1.54) is 16.2 Å². The first-order valence-corrected chi connectivity index (χ1v) is 14.9. The molecule has 5 rings (SSSR count). The highest BCUT2D eigenvalue weighted by atomic mass is 32.1. The number of amides is 1. The molecule has 7 heteroatoms. The van der Waals surface area contributed by atoms with Crippen molar-refractivity contribution in [3.05, 3.63) is 75.7 Å². The van der Waals surface area contributed by atoms with Crippen molar-refractivity contribution >= 4 is 39.1 Å². The molecule has 2 aromatic heterocycles. The molecule has 0 unspecified atom stereocenters. The Hall–Kier alpha value is -3.71. The summed E-state index contributed by atoms with van der Waals surface area (Å²) in [6.07, 6.45) is 3.63. The van der Waals surface area contributed by atoms with E-state index < -0.39 is 0 Å². The van der Waals surface area contributed by atoms with Crippen LogP contribution in [0.2, 0.25) is 0 Å². The number of fused-ring (bicyclic) bond motifs is 2. The molecule has 0 bridgehead atoms. The first-order valence-electron chi connectivity index (χ1n) is 14.1. The van der Waals surface area contributed by atoms with E-state index in [-0.39, 0.29) is 18.0 Å². The Morgan fingerprint density at radius 3 is 2.58 bits per heavy atom. The lowest BCUT2D eigenvalue weighted by Gasteiger charge is -2.21. The van der Waals surface area contributed by atoms with Crippen molar-refractivity contribution in [3.8, 4) is 17.0 Å². The Labute approximate surface area is 239 Å². The number of aryl methyl sites for hydroxylation is 1. The molecule has 4 aromatic rings. The SMILES string of the molecule is CCOc1ccc(-c2cc(C(=O)Nc3sc4c(c3C(=O)OC(C)C)CC[C@@H](CC)C4)c3cc(C)ccc3n2)cc1. The number of thiophene rings is 1. The molecule has 2 heterocycles. The average molecular weight is 557 g/mol. The Balaban J connectivity index is 1.56. The number of esters is 1. The Kier molecular flexibility index (Phi) is 8.22. The third-order valence-electron chi connectivity index (χ3n) is 7.39. The maximum absolute atomic E-state index is 14.0. The van der Waals surface area contributed by atoms with Crippen LogP contribution >= 0.6 is 11.3 Å². The van der Waals surface area contributed by atoms with E-state index in [4.69, 9.17) is 14.5 Å². The lowest BCUT2D eigenvalue weighted by Crippen LogP contribution is -2.19. The molecule has 208 valence electrons. The van der Waals surface area contributed by atoms with Crippen molar-refractivity contribution in [2.45, 2.75) is 66.4 Å². The molecule has 0 spiro atoms. The number of aromatic nitrogens is 1. The molecule has 0 fully saturated rings. The van der Waals surface area contributed by atoms with Gasteiger partial charge in [-0.3, -0.25) is 4.79 Å². The van der Waals surface area contributed by atoms with Crippen LogP contribution in [-0.2, 0) is 17.6 Å². The predicted molar refractivity (Wildman–Crippen MR) is 162 cm³/mol. The van der Waals surface area contributed by atoms with E-state index >= 15 is 0 Å². The monoisotopic (exact) mass is 556 g/mol. The van der Waals surface area contributed by atoms with Gasteiger partial charge in [-0.05, 0) is 101 Å². The van der Waals surface area contributed by atoms with Crippen molar-refractivity contribution in [2.75, 3.05) is 11.9 Å². The van der Waals surface area contributed by atoms with Crippen molar-refractivity contribution in [3.63, 3.8) is 0 Å². The molecule has 1 N–H and O–H groups in total. The highest BCUT2D eigenvalue weighted by Gasteiger charge is 2.31. The highest BCUT2D eigenvalue weighted by Crippen LogP contribution is 2.41. The van der Waals surface area contributed by atoms with Crippen LogP contribution in [-0.4, -0.2) is 29.6 Å². The van der Waals surface area contributed by atoms with Crippen LogP contribution in [0.1, 0.15) is 77.3 Å². The molecule has 0 radical (unpaired) electrons. The minimum atomic E-state index is -0.372. The van der Waals surface area contributed by atoms with Gasteiger partial charge in [0.1, 0.15) is 10.8 Å². The largest absolute Gasteiger partial charge is 0.494 e. The summed E-state index contributed by atoms with van der Waals surface area (Å²) >= 11 is 1.51. The number of benzene rings is 2. The fourth-order valence-electron chi connectivity index (χ4n) is 5.31. The molecule has 1 amide bonds.